The third-order valence-electron chi connectivity index (χ3n) is 3.50. The second kappa shape index (κ2) is 4.65. The van der Waals surface area contributed by atoms with Crippen LogP contribution >= 0.6 is 11.3 Å². The molecule has 2 nitrogen and oxygen atoms in total. The molecule has 1 aliphatic carbocycles. The van der Waals surface area contributed by atoms with E-state index in [1.807, 2.05) is 12.3 Å². The number of rotatable bonds is 3. The van der Waals surface area contributed by atoms with Crippen LogP contribution in [0.4, 0.5) is 0 Å². The van der Waals surface area contributed by atoms with Crippen LogP contribution in [0.5, 0.6) is 0 Å². The Hall–Kier alpha value is -1.48. The van der Waals surface area contributed by atoms with E-state index in [2.05, 4.69) is 29.2 Å². The topological polar surface area (TPSA) is 30.0 Å². The average Bonchev–Trinajstić information content (AvgIpc) is 2.95. The molecule has 1 heterocycles. The molecule has 3 heteroatoms. The Kier molecular flexibility index (Phi) is 3.00. The van der Waals surface area contributed by atoms with E-state index >= 15 is 0 Å². The average molecular weight is 257 g/mol. The summed E-state index contributed by atoms with van der Waals surface area (Å²) >= 11 is 1.59. The van der Waals surface area contributed by atoms with Gasteiger partial charge in [0.25, 0.3) is 0 Å². The molecule has 0 N–H and O–H groups in total. The zero-order valence-electron chi connectivity index (χ0n) is 10.3. The van der Waals surface area contributed by atoms with Crippen molar-refractivity contribution in [2.24, 2.45) is 5.92 Å². The lowest BCUT2D eigenvalue weighted by Crippen LogP contribution is -2.17. The first-order valence-electron chi connectivity index (χ1n) is 6.23. The molecule has 1 aliphatic rings. The number of thiazole rings is 1. The number of hydrogen-bond donors (Lipinski definition) is 0. The van der Waals surface area contributed by atoms with Gasteiger partial charge < -0.3 is 0 Å². The molecule has 92 valence electrons. The fraction of sp³-hybridized carbons (Fsp3) is 0.333. The minimum Gasteiger partial charge on any atom is -0.299 e. The number of hydrogen-bond acceptors (Lipinski definition) is 3. The zero-order valence-corrected chi connectivity index (χ0v) is 11.2. The van der Waals surface area contributed by atoms with Gasteiger partial charge in [-0.2, -0.15) is 0 Å². The minimum atomic E-state index is 0.159. The van der Waals surface area contributed by atoms with Crippen LogP contribution in [0.25, 0.3) is 0 Å². The number of benzene rings is 1. The van der Waals surface area contributed by atoms with Crippen LogP contribution in [0.15, 0.2) is 29.6 Å². The number of Topliss-reactive ketones (excluding diaryl/α,β-unsaturated/α-hetero) is 1. The predicted molar refractivity (Wildman–Crippen MR) is 72.9 cm³/mol. The summed E-state index contributed by atoms with van der Waals surface area (Å²) < 4.78 is 0. The highest BCUT2D eigenvalue weighted by molar-refractivity contribution is 7.09. The number of nitrogens with zero attached hydrogens (tertiary/aromatic N) is 1. The van der Waals surface area contributed by atoms with Gasteiger partial charge in [0.1, 0.15) is 10.8 Å². The van der Waals surface area contributed by atoms with E-state index in [0.717, 1.165) is 23.5 Å². The van der Waals surface area contributed by atoms with Crippen molar-refractivity contribution in [1.82, 2.24) is 4.98 Å². The molecule has 0 saturated carbocycles. The highest BCUT2D eigenvalue weighted by atomic mass is 32.1. The largest absolute Gasteiger partial charge is 0.299 e. The molecule has 0 aliphatic heterocycles. The molecule has 0 radical (unpaired) electrons. The van der Waals surface area contributed by atoms with Crippen LogP contribution in [-0.4, -0.2) is 10.8 Å². The second-order valence-electron chi connectivity index (χ2n) is 4.90. The number of aryl methyl sites for hydroxylation is 1. The minimum absolute atomic E-state index is 0.159. The monoisotopic (exact) mass is 257 g/mol. The summed E-state index contributed by atoms with van der Waals surface area (Å²) in [5.74, 6) is 0.493. The van der Waals surface area contributed by atoms with E-state index < -0.39 is 0 Å². The highest BCUT2D eigenvalue weighted by Crippen LogP contribution is 2.28. The maximum Gasteiger partial charge on any atom is 0.143 e. The number of carbonyl (C=O) groups is 1. The van der Waals surface area contributed by atoms with Gasteiger partial charge in [-0.15, -0.1) is 11.3 Å². The third-order valence-corrected chi connectivity index (χ3v) is 4.47. The molecule has 3 rings (SSSR count). The van der Waals surface area contributed by atoms with E-state index in [1.54, 1.807) is 11.3 Å². The number of fused-ring (bicyclic) bond motifs is 1. The van der Waals surface area contributed by atoms with Crippen molar-refractivity contribution in [3.63, 3.8) is 0 Å². The maximum atomic E-state index is 12.3. The lowest BCUT2D eigenvalue weighted by molar-refractivity contribution is -0.121. The zero-order chi connectivity index (χ0) is 12.5. The van der Waals surface area contributed by atoms with Gasteiger partial charge in [-0.3, -0.25) is 4.79 Å². The Morgan fingerprint density at radius 3 is 2.56 bits per heavy atom. The fourth-order valence-corrected chi connectivity index (χ4v) is 3.35. The lowest BCUT2D eigenvalue weighted by Gasteiger charge is -2.05. The summed E-state index contributed by atoms with van der Waals surface area (Å²) in [7, 11) is 0. The molecule has 0 saturated heterocycles. The summed E-state index contributed by atoms with van der Waals surface area (Å²) in [5.41, 5.74) is 3.69. The van der Waals surface area contributed by atoms with E-state index in [1.165, 1.54) is 11.1 Å². The molecule has 1 aromatic heterocycles. The molecule has 18 heavy (non-hydrogen) atoms. The van der Waals surface area contributed by atoms with Crippen molar-refractivity contribution in [1.29, 1.82) is 0 Å². The van der Waals surface area contributed by atoms with Crippen molar-refractivity contribution in [2.75, 3.05) is 0 Å². The van der Waals surface area contributed by atoms with Crippen LogP contribution in [-0.2, 0) is 24.1 Å². The van der Waals surface area contributed by atoms with Crippen molar-refractivity contribution < 1.29 is 4.79 Å². The number of ketones is 1. The SMILES string of the molecule is Cc1csc(CC(=O)C2Cc3ccccc3C2)n1. The van der Waals surface area contributed by atoms with E-state index in [-0.39, 0.29) is 5.92 Å². The molecular formula is C15H15NOS. The van der Waals surface area contributed by atoms with Gasteiger partial charge >= 0.3 is 0 Å². The molecule has 0 unspecified atom stereocenters. The Bertz CT molecular complexity index is 563. The summed E-state index contributed by atoms with van der Waals surface area (Å²) in [6.07, 6.45) is 2.30. The molecule has 0 bridgehead atoms. The van der Waals surface area contributed by atoms with Gasteiger partial charge in [0.2, 0.25) is 0 Å². The van der Waals surface area contributed by atoms with Gasteiger partial charge in [0.15, 0.2) is 0 Å². The Morgan fingerprint density at radius 1 is 1.33 bits per heavy atom. The molecular weight excluding hydrogens is 242 g/mol. The Morgan fingerprint density at radius 2 is 2.00 bits per heavy atom. The fourth-order valence-electron chi connectivity index (χ4n) is 2.56. The molecule has 0 spiro atoms. The summed E-state index contributed by atoms with van der Waals surface area (Å²) in [6.45, 7) is 1.97. The van der Waals surface area contributed by atoms with Crippen LogP contribution in [0.1, 0.15) is 21.8 Å². The first-order chi connectivity index (χ1) is 8.72. The highest BCUT2D eigenvalue weighted by Gasteiger charge is 2.27. The van der Waals surface area contributed by atoms with E-state index in [0.29, 0.717) is 12.2 Å². The van der Waals surface area contributed by atoms with Crippen molar-refractivity contribution in [2.45, 2.75) is 26.2 Å². The smallest absolute Gasteiger partial charge is 0.143 e. The van der Waals surface area contributed by atoms with Gasteiger partial charge in [0, 0.05) is 17.0 Å². The van der Waals surface area contributed by atoms with Crippen molar-refractivity contribution in [3.05, 3.63) is 51.5 Å². The van der Waals surface area contributed by atoms with Gasteiger partial charge in [-0.05, 0) is 30.9 Å². The molecule has 1 aromatic carbocycles. The summed E-state index contributed by atoms with van der Waals surface area (Å²) in [4.78, 5) is 16.6. The first-order valence-corrected chi connectivity index (χ1v) is 7.11. The molecule has 2 aromatic rings. The van der Waals surface area contributed by atoms with Gasteiger partial charge in [0.05, 0.1) is 6.42 Å². The van der Waals surface area contributed by atoms with Crippen molar-refractivity contribution in [3.8, 4) is 0 Å². The Balaban J connectivity index is 1.69. The van der Waals surface area contributed by atoms with E-state index in [4.69, 9.17) is 0 Å². The summed E-state index contributed by atoms with van der Waals surface area (Å²) in [5, 5.41) is 2.96. The van der Waals surface area contributed by atoms with Gasteiger partial charge in [-0.1, -0.05) is 24.3 Å². The number of carbonyl (C=O) groups excluding carboxylic acids is 1. The van der Waals surface area contributed by atoms with Crippen LogP contribution in [0.2, 0.25) is 0 Å². The van der Waals surface area contributed by atoms with Crippen LogP contribution in [0.3, 0.4) is 0 Å². The quantitative estimate of drug-likeness (QED) is 0.846. The first kappa shape index (κ1) is 11.6. The molecule has 0 fully saturated rings. The summed E-state index contributed by atoms with van der Waals surface area (Å²) in [6, 6.07) is 8.37. The predicted octanol–water partition coefficient (Wildman–Crippen LogP) is 2.98. The van der Waals surface area contributed by atoms with Gasteiger partial charge in [-0.25, -0.2) is 4.98 Å². The maximum absolute atomic E-state index is 12.3. The standard InChI is InChI=1S/C15H15NOS/c1-10-9-18-15(16-10)8-14(17)13-6-11-4-2-3-5-12(11)7-13/h2-5,9,13H,6-8H2,1H3. The second-order valence-corrected chi connectivity index (χ2v) is 5.84. The Labute approximate surface area is 111 Å². The van der Waals surface area contributed by atoms with Crippen molar-refractivity contribution >= 4 is 17.1 Å². The molecule has 0 amide bonds. The third kappa shape index (κ3) is 2.23. The normalized spacial score (nSPS) is 14.7. The lowest BCUT2D eigenvalue weighted by atomic mass is 9.99. The van der Waals surface area contributed by atoms with Crippen LogP contribution < -0.4 is 0 Å². The van der Waals surface area contributed by atoms with E-state index in [9.17, 15) is 4.79 Å². The molecule has 0 atom stereocenters. The number of aromatic nitrogens is 1. The van der Waals surface area contributed by atoms with Crippen LogP contribution in [0, 0.1) is 12.8 Å².